The summed E-state index contributed by atoms with van der Waals surface area (Å²) in [5, 5.41) is 25.5. The van der Waals surface area contributed by atoms with Crippen LogP contribution in [0.15, 0.2) is 47.6 Å². The molecule has 1 heterocycles. The summed E-state index contributed by atoms with van der Waals surface area (Å²) in [6.45, 7) is 3.95. The fraction of sp³-hybridized carbons (Fsp3) is 0.238. The molecule has 11 nitrogen and oxygen atoms in total. The van der Waals surface area contributed by atoms with E-state index in [9.17, 15) is 19.7 Å². The van der Waals surface area contributed by atoms with Gasteiger partial charge in [-0.2, -0.15) is 0 Å². The smallest absolute Gasteiger partial charge is 0.296 e. The molecule has 0 unspecified atom stereocenters. The van der Waals surface area contributed by atoms with E-state index in [-0.39, 0.29) is 23.0 Å². The Morgan fingerprint density at radius 3 is 2.48 bits per heavy atom. The summed E-state index contributed by atoms with van der Waals surface area (Å²) in [4.78, 5) is 34.3. The topological polar surface area (TPSA) is 141 Å². The van der Waals surface area contributed by atoms with E-state index in [4.69, 9.17) is 4.74 Å². The summed E-state index contributed by atoms with van der Waals surface area (Å²) >= 11 is 1.17. The van der Waals surface area contributed by atoms with Crippen molar-refractivity contribution < 1.29 is 19.2 Å². The lowest BCUT2D eigenvalue weighted by molar-refractivity contribution is -0.384. The molecule has 0 spiro atoms. The van der Waals surface area contributed by atoms with E-state index >= 15 is 0 Å². The van der Waals surface area contributed by atoms with Gasteiger partial charge < -0.3 is 19.9 Å². The van der Waals surface area contributed by atoms with Crippen LogP contribution in [0.2, 0.25) is 0 Å². The molecule has 0 radical (unpaired) electrons. The summed E-state index contributed by atoms with van der Waals surface area (Å²) in [6.07, 6.45) is 0. The normalized spacial score (nSPS) is 10.5. The number of benzene rings is 2. The molecule has 0 bridgehead atoms. The van der Waals surface area contributed by atoms with Gasteiger partial charge in [0.25, 0.3) is 5.69 Å². The van der Waals surface area contributed by atoms with Crippen LogP contribution >= 0.6 is 11.8 Å². The van der Waals surface area contributed by atoms with Crippen molar-refractivity contribution >= 4 is 40.6 Å². The van der Waals surface area contributed by atoms with Crippen molar-refractivity contribution in [2.45, 2.75) is 25.5 Å². The minimum atomic E-state index is -0.581. The molecular weight excluding hydrogens is 448 g/mol. The summed E-state index contributed by atoms with van der Waals surface area (Å²) in [6, 6.07) is 11.4. The van der Waals surface area contributed by atoms with Gasteiger partial charge in [0.05, 0.1) is 23.9 Å². The summed E-state index contributed by atoms with van der Waals surface area (Å²) in [5.74, 6) is 0.364. The number of nitro groups is 1. The minimum absolute atomic E-state index is 0.0111. The highest BCUT2D eigenvalue weighted by Crippen LogP contribution is 2.30. The van der Waals surface area contributed by atoms with Crippen LogP contribution in [0.1, 0.15) is 13.8 Å². The first kappa shape index (κ1) is 23.7. The minimum Gasteiger partial charge on any atom is -0.496 e. The molecule has 1 aromatic heterocycles. The maximum absolute atomic E-state index is 12.4. The lowest BCUT2D eigenvalue weighted by Crippen LogP contribution is -2.15. The van der Waals surface area contributed by atoms with Gasteiger partial charge >= 0.3 is 0 Å². The van der Waals surface area contributed by atoms with Crippen LogP contribution in [0.25, 0.3) is 11.4 Å². The number of nitrogens with zero attached hydrogens (tertiary/aromatic N) is 4. The number of carbonyl (C=O) groups excluding carboxylic acids is 2. The maximum atomic E-state index is 12.4. The Kier molecular flexibility index (Phi) is 7.61. The maximum Gasteiger partial charge on any atom is 0.296 e. The SMILES string of the molecule is CCn1c(SCC(=O)Nc2ccc(OC)cc2[N+](=O)[O-])nnc1-c1ccc(NC(C)=O)cc1. The van der Waals surface area contributed by atoms with E-state index in [0.29, 0.717) is 29.0 Å². The van der Waals surface area contributed by atoms with Gasteiger partial charge in [-0.15, -0.1) is 10.2 Å². The number of nitro benzene ring substituents is 1. The van der Waals surface area contributed by atoms with Gasteiger partial charge in [-0.25, -0.2) is 0 Å². The number of thioether (sulfide) groups is 1. The number of nitrogens with one attached hydrogen (secondary N) is 2. The number of carbonyl (C=O) groups is 2. The highest BCUT2D eigenvalue weighted by atomic mass is 32.2. The van der Waals surface area contributed by atoms with Crippen molar-refractivity contribution in [3.63, 3.8) is 0 Å². The molecule has 3 aromatic rings. The molecule has 0 aliphatic rings. The second kappa shape index (κ2) is 10.6. The Morgan fingerprint density at radius 1 is 1.15 bits per heavy atom. The molecule has 2 aromatic carbocycles. The van der Waals surface area contributed by atoms with Crippen LogP contribution < -0.4 is 15.4 Å². The first-order valence-corrected chi connectivity index (χ1v) is 10.9. The second-order valence-corrected chi connectivity index (χ2v) is 7.73. The molecule has 2 N–H and O–H groups in total. The van der Waals surface area contributed by atoms with Gasteiger partial charge in [-0.05, 0) is 43.3 Å². The van der Waals surface area contributed by atoms with Crippen LogP contribution in [-0.4, -0.2) is 44.4 Å². The fourth-order valence-corrected chi connectivity index (χ4v) is 3.81. The number of methoxy groups -OCH3 is 1. The van der Waals surface area contributed by atoms with Crippen molar-refractivity contribution in [3.05, 3.63) is 52.6 Å². The number of hydrogen-bond acceptors (Lipinski definition) is 8. The lowest BCUT2D eigenvalue weighted by Gasteiger charge is -2.09. The second-order valence-electron chi connectivity index (χ2n) is 6.79. The zero-order valence-electron chi connectivity index (χ0n) is 18.2. The molecule has 3 rings (SSSR count). The predicted octanol–water partition coefficient (Wildman–Crippen LogP) is 3.57. The van der Waals surface area contributed by atoms with Gasteiger partial charge in [0, 0.05) is 24.7 Å². The average molecular weight is 471 g/mol. The molecule has 2 amide bonds. The highest BCUT2D eigenvalue weighted by molar-refractivity contribution is 7.99. The van der Waals surface area contributed by atoms with Gasteiger partial charge in [-0.1, -0.05) is 11.8 Å². The summed E-state index contributed by atoms with van der Waals surface area (Å²) in [7, 11) is 1.41. The number of aromatic nitrogens is 3. The van der Waals surface area contributed by atoms with Gasteiger partial charge in [0.15, 0.2) is 11.0 Å². The number of hydrogen-bond donors (Lipinski definition) is 2. The zero-order valence-corrected chi connectivity index (χ0v) is 19.0. The average Bonchev–Trinajstić information content (AvgIpc) is 3.20. The van der Waals surface area contributed by atoms with Crippen LogP contribution in [0, 0.1) is 10.1 Å². The van der Waals surface area contributed by atoms with E-state index in [0.717, 1.165) is 5.56 Å². The van der Waals surface area contributed by atoms with Crippen LogP contribution in [0.5, 0.6) is 5.75 Å². The van der Waals surface area contributed by atoms with Crippen molar-refractivity contribution in [1.82, 2.24) is 14.8 Å². The van der Waals surface area contributed by atoms with Gasteiger partial charge in [0.1, 0.15) is 11.4 Å². The Bertz CT molecular complexity index is 1180. The third kappa shape index (κ3) is 5.86. The number of amides is 2. The lowest BCUT2D eigenvalue weighted by atomic mass is 10.2. The van der Waals surface area contributed by atoms with Crippen LogP contribution in [-0.2, 0) is 16.1 Å². The fourth-order valence-electron chi connectivity index (χ4n) is 3.01. The molecule has 12 heteroatoms. The Hall–Kier alpha value is -3.93. The molecule has 0 atom stereocenters. The predicted molar refractivity (Wildman–Crippen MR) is 124 cm³/mol. The van der Waals surface area contributed by atoms with E-state index in [2.05, 4.69) is 20.8 Å². The van der Waals surface area contributed by atoms with E-state index < -0.39 is 10.8 Å². The quantitative estimate of drug-likeness (QED) is 0.275. The molecular formula is C21H22N6O5S. The van der Waals surface area contributed by atoms with Crippen LogP contribution in [0.4, 0.5) is 17.1 Å². The molecule has 0 aliphatic carbocycles. The Balaban J connectivity index is 1.70. The largest absolute Gasteiger partial charge is 0.496 e. The summed E-state index contributed by atoms with van der Waals surface area (Å²) in [5.41, 5.74) is 1.31. The standard InChI is InChI=1S/C21H22N6O5S/c1-4-26-20(14-5-7-15(8-6-14)22-13(2)28)24-25-21(26)33-12-19(29)23-17-10-9-16(32-3)11-18(17)27(30)31/h5-11H,4,12H2,1-3H3,(H,22,28)(H,23,29). The van der Waals surface area contributed by atoms with Gasteiger partial charge in [-0.3, -0.25) is 19.7 Å². The van der Waals surface area contributed by atoms with Crippen molar-refractivity contribution in [1.29, 1.82) is 0 Å². The number of ether oxygens (including phenoxy) is 1. The number of rotatable bonds is 9. The van der Waals surface area contributed by atoms with E-state index in [1.807, 2.05) is 23.6 Å². The van der Waals surface area contributed by atoms with Crippen LogP contribution in [0.3, 0.4) is 0 Å². The third-order valence-corrected chi connectivity index (χ3v) is 5.47. The first-order chi connectivity index (χ1) is 15.8. The molecule has 172 valence electrons. The Labute approximate surface area is 193 Å². The monoisotopic (exact) mass is 470 g/mol. The summed E-state index contributed by atoms with van der Waals surface area (Å²) < 4.78 is 6.86. The van der Waals surface area contributed by atoms with Crippen molar-refractivity contribution in [2.24, 2.45) is 0 Å². The van der Waals surface area contributed by atoms with E-state index in [1.54, 1.807) is 12.1 Å². The molecule has 0 fully saturated rings. The number of anilines is 2. The molecule has 0 saturated heterocycles. The van der Waals surface area contributed by atoms with E-state index in [1.165, 1.54) is 44.0 Å². The zero-order chi connectivity index (χ0) is 24.0. The van der Waals surface area contributed by atoms with Crippen molar-refractivity contribution in [2.75, 3.05) is 23.5 Å². The first-order valence-electron chi connectivity index (χ1n) is 9.88. The molecule has 33 heavy (non-hydrogen) atoms. The Morgan fingerprint density at radius 2 is 1.88 bits per heavy atom. The third-order valence-electron chi connectivity index (χ3n) is 4.50. The van der Waals surface area contributed by atoms with Gasteiger partial charge in [0.2, 0.25) is 11.8 Å². The molecule has 0 aliphatic heterocycles. The highest BCUT2D eigenvalue weighted by Gasteiger charge is 2.19. The van der Waals surface area contributed by atoms with Crippen molar-refractivity contribution in [3.8, 4) is 17.1 Å². The molecule has 0 saturated carbocycles.